The van der Waals surface area contributed by atoms with E-state index in [-0.39, 0.29) is 5.69 Å². The molecule has 0 fully saturated rings. The molecular weight excluding hydrogens is 223 g/mol. The maximum atomic E-state index is 11.8. The number of nitrogens with two attached hydrogens (primary N) is 1. The Hall–Kier alpha value is -1.30. The third kappa shape index (κ3) is 2.35. The van der Waals surface area contributed by atoms with Gasteiger partial charge in [0.15, 0.2) is 11.5 Å². The smallest absolute Gasteiger partial charge is 0.504 e. The molecule has 0 aliphatic heterocycles. The standard InChI is InChI=1S/C7H5ClF3NO2/c8-5-4(14-7(9,10)11)2-1-3(12)6(5)13/h1-2,13H,12H2. The molecule has 0 aliphatic rings. The van der Waals surface area contributed by atoms with Crippen molar-refractivity contribution in [1.82, 2.24) is 0 Å². The van der Waals surface area contributed by atoms with E-state index in [1.54, 1.807) is 0 Å². The lowest BCUT2D eigenvalue weighted by Gasteiger charge is -2.11. The van der Waals surface area contributed by atoms with Crippen LogP contribution in [0.2, 0.25) is 5.02 Å². The van der Waals surface area contributed by atoms with E-state index in [0.29, 0.717) is 0 Å². The number of ether oxygens (including phenoxy) is 1. The summed E-state index contributed by atoms with van der Waals surface area (Å²) in [6.07, 6.45) is -4.85. The highest BCUT2D eigenvalue weighted by atomic mass is 35.5. The third-order valence-electron chi connectivity index (χ3n) is 1.34. The molecular formula is C7H5ClF3NO2. The molecule has 1 aromatic rings. The maximum absolute atomic E-state index is 11.8. The number of alkyl halides is 3. The number of nitrogen functional groups attached to an aromatic ring is 1. The zero-order valence-corrected chi connectivity index (χ0v) is 7.36. The predicted molar refractivity (Wildman–Crippen MR) is 44.2 cm³/mol. The van der Waals surface area contributed by atoms with Crippen molar-refractivity contribution in [1.29, 1.82) is 0 Å². The van der Waals surface area contributed by atoms with Crippen LogP contribution in [0.3, 0.4) is 0 Å². The predicted octanol–water partition coefficient (Wildman–Crippen LogP) is 2.53. The van der Waals surface area contributed by atoms with Gasteiger partial charge < -0.3 is 15.6 Å². The molecule has 78 valence electrons. The van der Waals surface area contributed by atoms with Gasteiger partial charge in [-0.3, -0.25) is 0 Å². The zero-order valence-electron chi connectivity index (χ0n) is 6.60. The van der Waals surface area contributed by atoms with Crippen molar-refractivity contribution < 1.29 is 23.0 Å². The van der Waals surface area contributed by atoms with Gasteiger partial charge in [0.2, 0.25) is 0 Å². The molecule has 0 unspecified atom stereocenters. The molecule has 0 saturated carbocycles. The number of hydrogen-bond donors (Lipinski definition) is 2. The van der Waals surface area contributed by atoms with E-state index in [1.165, 1.54) is 0 Å². The van der Waals surface area contributed by atoms with Crippen LogP contribution in [0.1, 0.15) is 0 Å². The molecule has 14 heavy (non-hydrogen) atoms. The molecule has 3 N–H and O–H groups in total. The van der Waals surface area contributed by atoms with Gasteiger partial charge in [0.25, 0.3) is 0 Å². The van der Waals surface area contributed by atoms with Gasteiger partial charge >= 0.3 is 6.36 Å². The topological polar surface area (TPSA) is 55.5 Å². The fourth-order valence-corrected chi connectivity index (χ4v) is 0.975. The highest BCUT2D eigenvalue weighted by molar-refractivity contribution is 6.33. The SMILES string of the molecule is Nc1ccc(OC(F)(F)F)c(Cl)c1O. The molecule has 0 spiro atoms. The summed E-state index contributed by atoms with van der Waals surface area (Å²) < 4.78 is 38.8. The van der Waals surface area contributed by atoms with Crippen LogP contribution in [0, 0.1) is 0 Å². The van der Waals surface area contributed by atoms with E-state index >= 15 is 0 Å². The molecule has 0 amide bonds. The molecule has 0 heterocycles. The quantitative estimate of drug-likeness (QED) is 0.573. The molecule has 0 saturated heterocycles. The normalized spacial score (nSPS) is 11.4. The van der Waals surface area contributed by atoms with E-state index in [4.69, 9.17) is 22.4 Å². The number of anilines is 1. The number of phenolic OH excluding ortho intramolecular Hbond substituents is 1. The van der Waals surface area contributed by atoms with Crippen molar-refractivity contribution in [3.8, 4) is 11.5 Å². The minimum Gasteiger partial charge on any atom is -0.504 e. The lowest BCUT2D eigenvalue weighted by Crippen LogP contribution is -2.17. The van der Waals surface area contributed by atoms with Crippen molar-refractivity contribution in [2.75, 3.05) is 5.73 Å². The van der Waals surface area contributed by atoms with Crippen LogP contribution < -0.4 is 10.5 Å². The van der Waals surface area contributed by atoms with Gasteiger partial charge in [-0.15, -0.1) is 13.2 Å². The van der Waals surface area contributed by atoms with Gasteiger partial charge in [0.05, 0.1) is 5.69 Å². The van der Waals surface area contributed by atoms with Crippen LogP contribution in [-0.4, -0.2) is 11.5 Å². The summed E-state index contributed by atoms with van der Waals surface area (Å²) in [5.74, 6) is -1.32. The summed E-state index contributed by atoms with van der Waals surface area (Å²) in [6, 6.07) is 1.98. The van der Waals surface area contributed by atoms with Crippen LogP contribution in [0.15, 0.2) is 12.1 Å². The summed E-state index contributed by atoms with van der Waals surface area (Å²) in [6.45, 7) is 0. The van der Waals surface area contributed by atoms with Crippen LogP contribution in [-0.2, 0) is 0 Å². The van der Waals surface area contributed by atoms with Crippen molar-refractivity contribution >= 4 is 17.3 Å². The summed E-state index contributed by atoms with van der Waals surface area (Å²) in [5.41, 5.74) is 5.06. The first-order valence-electron chi connectivity index (χ1n) is 3.34. The molecule has 0 atom stereocenters. The number of aromatic hydroxyl groups is 1. The van der Waals surface area contributed by atoms with Crippen LogP contribution in [0.4, 0.5) is 18.9 Å². The lowest BCUT2D eigenvalue weighted by molar-refractivity contribution is -0.274. The van der Waals surface area contributed by atoms with Crippen molar-refractivity contribution in [3.63, 3.8) is 0 Å². The Kier molecular flexibility index (Phi) is 2.66. The summed E-state index contributed by atoms with van der Waals surface area (Å²) in [4.78, 5) is 0. The molecule has 0 aliphatic carbocycles. The Labute approximate surface area is 81.8 Å². The molecule has 0 radical (unpaired) electrons. The average Bonchev–Trinajstić information content (AvgIpc) is 2.04. The Morgan fingerprint density at radius 3 is 2.43 bits per heavy atom. The third-order valence-corrected chi connectivity index (χ3v) is 1.70. The van der Waals surface area contributed by atoms with Crippen molar-refractivity contribution in [2.45, 2.75) is 6.36 Å². The van der Waals surface area contributed by atoms with Crippen LogP contribution >= 0.6 is 11.6 Å². The fourth-order valence-electron chi connectivity index (χ4n) is 0.764. The van der Waals surface area contributed by atoms with Crippen LogP contribution in [0.5, 0.6) is 11.5 Å². The summed E-state index contributed by atoms with van der Waals surface area (Å²) in [7, 11) is 0. The van der Waals surface area contributed by atoms with Crippen molar-refractivity contribution in [3.05, 3.63) is 17.2 Å². The second-order valence-corrected chi connectivity index (χ2v) is 2.74. The number of halogens is 4. The van der Waals surface area contributed by atoms with E-state index in [1.807, 2.05) is 0 Å². The molecule has 1 aromatic carbocycles. The Balaban J connectivity index is 3.06. The Bertz CT molecular complexity index is 354. The fraction of sp³-hybridized carbons (Fsp3) is 0.143. The van der Waals surface area contributed by atoms with E-state index in [0.717, 1.165) is 12.1 Å². The second-order valence-electron chi connectivity index (χ2n) is 2.36. The van der Waals surface area contributed by atoms with Gasteiger partial charge in [0.1, 0.15) is 5.02 Å². The van der Waals surface area contributed by atoms with Gasteiger partial charge in [-0.25, -0.2) is 0 Å². The largest absolute Gasteiger partial charge is 0.573 e. The Morgan fingerprint density at radius 2 is 1.93 bits per heavy atom. The van der Waals surface area contributed by atoms with Gasteiger partial charge in [-0.2, -0.15) is 0 Å². The Morgan fingerprint density at radius 1 is 1.36 bits per heavy atom. The van der Waals surface area contributed by atoms with E-state index < -0.39 is 22.9 Å². The first-order valence-corrected chi connectivity index (χ1v) is 3.72. The molecule has 7 heteroatoms. The van der Waals surface area contributed by atoms with E-state index in [2.05, 4.69) is 4.74 Å². The number of benzene rings is 1. The number of phenols is 1. The van der Waals surface area contributed by atoms with Gasteiger partial charge in [-0.05, 0) is 12.1 Å². The van der Waals surface area contributed by atoms with Crippen molar-refractivity contribution in [2.24, 2.45) is 0 Å². The average molecular weight is 228 g/mol. The first kappa shape index (κ1) is 10.8. The number of rotatable bonds is 1. The zero-order chi connectivity index (χ0) is 10.9. The molecule has 3 nitrogen and oxygen atoms in total. The minimum atomic E-state index is -4.85. The highest BCUT2D eigenvalue weighted by Crippen LogP contribution is 2.39. The number of hydrogen-bond acceptors (Lipinski definition) is 3. The molecule has 0 bridgehead atoms. The second kappa shape index (κ2) is 3.45. The molecule has 1 rings (SSSR count). The van der Waals surface area contributed by atoms with Gasteiger partial charge in [0, 0.05) is 0 Å². The summed E-state index contributed by atoms with van der Waals surface area (Å²) >= 11 is 5.35. The summed E-state index contributed by atoms with van der Waals surface area (Å²) in [5, 5.41) is 8.51. The highest BCUT2D eigenvalue weighted by Gasteiger charge is 2.32. The maximum Gasteiger partial charge on any atom is 0.573 e. The van der Waals surface area contributed by atoms with Crippen LogP contribution in [0.25, 0.3) is 0 Å². The van der Waals surface area contributed by atoms with Gasteiger partial charge in [-0.1, -0.05) is 11.6 Å². The lowest BCUT2D eigenvalue weighted by atomic mass is 10.3. The minimum absolute atomic E-state index is 0.121. The molecule has 0 aromatic heterocycles. The first-order chi connectivity index (χ1) is 6.31. The monoisotopic (exact) mass is 227 g/mol. The van der Waals surface area contributed by atoms with E-state index in [9.17, 15) is 13.2 Å².